The largest absolute Gasteiger partial charge is 0.313 e. The molecule has 0 aliphatic carbocycles. The first-order chi connectivity index (χ1) is 7.63. The van der Waals surface area contributed by atoms with Crippen molar-refractivity contribution < 1.29 is 0 Å². The van der Waals surface area contributed by atoms with Crippen molar-refractivity contribution in [1.82, 2.24) is 14.8 Å². The average Bonchev–Trinajstić information content (AvgIpc) is 2.64. The Hall–Kier alpha value is -0.870. The zero-order chi connectivity index (χ0) is 11.7. The number of alkyl halides is 1. The Bertz CT molecular complexity index is 522. The van der Waals surface area contributed by atoms with E-state index in [9.17, 15) is 0 Å². The van der Waals surface area contributed by atoms with E-state index in [1.165, 1.54) is 0 Å². The molecule has 3 nitrogen and oxygen atoms in total. The Labute approximate surface area is 108 Å². The second kappa shape index (κ2) is 4.55. The Morgan fingerprint density at radius 1 is 1.38 bits per heavy atom. The number of aryl methyl sites for hydroxylation is 1. The van der Waals surface area contributed by atoms with Gasteiger partial charge in [-0.15, -0.1) is 10.2 Å². The maximum absolute atomic E-state index is 6.09. The van der Waals surface area contributed by atoms with Gasteiger partial charge < -0.3 is 4.57 Å². The van der Waals surface area contributed by atoms with Crippen molar-refractivity contribution in [2.24, 2.45) is 7.05 Å². The van der Waals surface area contributed by atoms with Crippen LogP contribution in [0.3, 0.4) is 0 Å². The molecule has 84 valence electrons. The van der Waals surface area contributed by atoms with Gasteiger partial charge in [0.05, 0.1) is 5.33 Å². The first kappa shape index (κ1) is 11.6. The fourth-order valence-electron chi connectivity index (χ4n) is 1.46. The van der Waals surface area contributed by atoms with Crippen LogP contribution in [0.25, 0.3) is 11.4 Å². The van der Waals surface area contributed by atoms with Crippen molar-refractivity contribution in [2.75, 3.05) is 0 Å². The lowest BCUT2D eigenvalue weighted by atomic mass is 10.1. The fraction of sp³-hybridized carbons (Fsp3) is 0.273. The Balaban J connectivity index is 2.50. The summed E-state index contributed by atoms with van der Waals surface area (Å²) in [5.74, 6) is 1.73. The molecule has 0 saturated heterocycles. The number of rotatable bonds is 2. The maximum atomic E-state index is 6.09. The van der Waals surface area contributed by atoms with Crippen LogP contribution in [0, 0.1) is 6.92 Å². The van der Waals surface area contributed by atoms with E-state index in [-0.39, 0.29) is 0 Å². The van der Waals surface area contributed by atoms with Gasteiger partial charge in [-0.2, -0.15) is 0 Å². The zero-order valence-corrected chi connectivity index (χ0v) is 11.4. The summed E-state index contributed by atoms with van der Waals surface area (Å²) in [6, 6.07) is 5.91. The van der Waals surface area contributed by atoms with Gasteiger partial charge in [-0.05, 0) is 18.6 Å². The molecule has 0 aliphatic rings. The first-order valence-electron chi connectivity index (χ1n) is 4.84. The highest BCUT2D eigenvalue weighted by molar-refractivity contribution is 9.08. The lowest BCUT2D eigenvalue weighted by Gasteiger charge is -2.04. The summed E-state index contributed by atoms with van der Waals surface area (Å²) in [5.41, 5.74) is 2.05. The van der Waals surface area contributed by atoms with E-state index in [0.717, 1.165) is 27.8 Å². The first-order valence-corrected chi connectivity index (χ1v) is 6.34. The van der Waals surface area contributed by atoms with Crippen LogP contribution in [0.15, 0.2) is 18.2 Å². The van der Waals surface area contributed by atoms with Crippen LogP contribution in [-0.4, -0.2) is 14.8 Å². The molecule has 16 heavy (non-hydrogen) atoms. The summed E-state index contributed by atoms with van der Waals surface area (Å²) in [4.78, 5) is 0. The number of benzene rings is 1. The Morgan fingerprint density at radius 2 is 2.12 bits per heavy atom. The number of hydrogen-bond donors (Lipinski definition) is 0. The smallest absolute Gasteiger partial charge is 0.163 e. The molecule has 2 rings (SSSR count). The summed E-state index contributed by atoms with van der Waals surface area (Å²) in [5, 5.41) is 9.68. The van der Waals surface area contributed by atoms with Crippen LogP contribution in [0.4, 0.5) is 0 Å². The SMILES string of the molecule is Cc1ccc(-c2nnc(CBr)n2C)cc1Cl. The van der Waals surface area contributed by atoms with Crippen molar-refractivity contribution in [3.63, 3.8) is 0 Å². The van der Waals surface area contributed by atoms with Gasteiger partial charge in [0, 0.05) is 17.6 Å². The maximum Gasteiger partial charge on any atom is 0.163 e. The molecule has 1 aromatic carbocycles. The molecule has 0 amide bonds. The van der Waals surface area contributed by atoms with Gasteiger partial charge in [-0.3, -0.25) is 0 Å². The van der Waals surface area contributed by atoms with Crippen molar-refractivity contribution in [1.29, 1.82) is 0 Å². The molecular weight excluding hydrogens is 289 g/mol. The highest BCUT2D eigenvalue weighted by atomic mass is 79.9. The standard InChI is InChI=1S/C11H11BrClN3/c1-7-3-4-8(5-9(7)13)11-15-14-10(6-12)16(11)2/h3-5H,6H2,1-2H3. The van der Waals surface area contributed by atoms with Crippen LogP contribution in [0.1, 0.15) is 11.4 Å². The summed E-state index contributed by atoms with van der Waals surface area (Å²) in [6.07, 6.45) is 0. The zero-order valence-electron chi connectivity index (χ0n) is 9.04. The van der Waals surface area contributed by atoms with Gasteiger partial charge in [0.1, 0.15) is 5.82 Å². The molecular formula is C11H11BrClN3. The number of halogens is 2. The topological polar surface area (TPSA) is 30.7 Å². The van der Waals surface area contributed by atoms with Crippen LogP contribution >= 0.6 is 27.5 Å². The van der Waals surface area contributed by atoms with E-state index in [0.29, 0.717) is 5.33 Å². The molecule has 0 radical (unpaired) electrons. The third-order valence-electron chi connectivity index (χ3n) is 2.51. The van der Waals surface area contributed by atoms with E-state index in [2.05, 4.69) is 26.1 Å². The average molecular weight is 301 g/mol. The third-order valence-corrected chi connectivity index (χ3v) is 3.42. The molecule has 5 heteroatoms. The van der Waals surface area contributed by atoms with Gasteiger partial charge >= 0.3 is 0 Å². The second-order valence-corrected chi connectivity index (χ2v) is 4.56. The summed E-state index contributed by atoms with van der Waals surface area (Å²) in [7, 11) is 1.94. The molecule has 0 N–H and O–H groups in total. The molecule has 0 fully saturated rings. The van der Waals surface area contributed by atoms with Crippen LogP contribution in [0.5, 0.6) is 0 Å². The van der Waals surface area contributed by atoms with Crippen molar-refractivity contribution in [2.45, 2.75) is 12.3 Å². The minimum Gasteiger partial charge on any atom is -0.313 e. The fourth-order valence-corrected chi connectivity index (χ4v) is 2.13. The minimum atomic E-state index is 0.691. The van der Waals surface area contributed by atoms with E-state index >= 15 is 0 Å². The van der Waals surface area contributed by atoms with Crippen molar-refractivity contribution in [3.8, 4) is 11.4 Å². The van der Waals surface area contributed by atoms with Gasteiger partial charge in [-0.25, -0.2) is 0 Å². The monoisotopic (exact) mass is 299 g/mol. The predicted octanol–water partition coefficient (Wildman–Crippen LogP) is 3.34. The minimum absolute atomic E-state index is 0.691. The second-order valence-electron chi connectivity index (χ2n) is 3.60. The van der Waals surface area contributed by atoms with Crippen LogP contribution < -0.4 is 0 Å². The lowest BCUT2D eigenvalue weighted by molar-refractivity contribution is 0.859. The molecule has 0 atom stereocenters. The quantitative estimate of drug-likeness (QED) is 0.796. The molecule has 1 aromatic heterocycles. The molecule has 0 spiro atoms. The summed E-state index contributed by atoms with van der Waals surface area (Å²) in [6.45, 7) is 1.98. The lowest BCUT2D eigenvalue weighted by Crippen LogP contribution is -1.97. The molecule has 0 saturated carbocycles. The van der Waals surface area contributed by atoms with E-state index in [4.69, 9.17) is 11.6 Å². The van der Waals surface area contributed by atoms with Gasteiger partial charge in [-0.1, -0.05) is 39.7 Å². The third kappa shape index (κ3) is 1.99. The molecule has 2 aromatic rings. The number of aromatic nitrogens is 3. The van der Waals surface area contributed by atoms with Gasteiger partial charge in [0.2, 0.25) is 0 Å². The summed E-state index contributed by atoms with van der Waals surface area (Å²) < 4.78 is 1.95. The number of nitrogens with zero attached hydrogens (tertiary/aromatic N) is 3. The Morgan fingerprint density at radius 3 is 2.69 bits per heavy atom. The molecule has 1 heterocycles. The van der Waals surface area contributed by atoms with Gasteiger partial charge in [0.25, 0.3) is 0 Å². The normalized spacial score (nSPS) is 10.8. The van der Waals surface area contributed by atoms with Crippen molar-refractivity contribution in [3.05, 3.63) is 34.6 Å². The van der Waals surface area contributed by atoms with Crippen LogP contribution in [0.2, 0.25) is 5.02 Å². The number of hydrogen-bond acceptors (Lipinski definition) is 2. The van der Waals surface area contributed by atoms with E-state index in [1.807, 2.05) is 36.7 Å². The summed E-state index contributed by atoms with van der Waals surface area (Å²) >= 11 is 9.46. The molecule has 0 unspecified atom stereocenters. The Kier molecular flexibility index (Phi) is 3.30. The highest BCUT2D eigenvalue weighted by Gasteiger charge is 2.10. The highest BCUT2D eigenvalue weighted by Crippen LogP contribution is 2.24. The molecule has 0 bridgehead atoms. The van der Waals surface area contributed by atoms with Crippen molar-refractivity contribution >= 4 is 27.5 Å². The van der Waals surface area contributed by atoms with Gasteiger partial charge in [0.15, 0.2) is 5.82 Å². The van der Waals surface area contributed by atoms with E-state index in [1.54, 1.807) is 0 Å². The molecule has 0 aliphatic heterocycles. The van der Waals surface area contributed by atoms with Crippen LogP contribution in [-0.2, 0) is 12.4 Å². The predicted molar refractivity (Wildman–Crippen MR) is 68.8 cm³/mol. The van der Waals surface area contributed by atoms with E-state index < -0.39 is 0 Å².